The molecule has 0 atom stereocenters. The Kier molecular flexibility index (Phi) is 5.38. The smallest absolute Gasteiger partial charge is 0.267 e. The largest absolute Gasteiger partial charge is 0.435 e. The number of rotatable bonds is 8. The SMILES string of the molecule is O=S(=O)(CCc1ccccc1)NCCn1nc(C(F)(F)F)cc1C1CC1. The van der Waals surface area contributed by atoms with Crippen LogP contribution < -0.4 is 4.72 Å². The normalized spacial score (nSPS) is 15.3. The molecule has 1 aliphatic rings. The molecule has 5 nitrogen and oxygen atoms in total. The molecule has 0 unspecified atom stereocenters. The molecule has 9 heteroatoms. The summed E-state index contributed by atoms with van der Waals surface area (Å²) in [5, 5.41) is 3.61. The van der Waals surface area contributed by atoms with Gasteiger partial charge in [-0.1, -0.05) is 30.3 Å². The molecule has 0 bridgehead atoms. The van der Waals surface area contributed by atoms with E-state index in [1.165, 1.54) is 4.68 Å². The van der Waals surface area contributed by atoms with E-state index in [1.807, 2.05) is 30.3 Å². The van der Waals surface area contributed by atoms with Gasteiger partial charge >= 0.3 is 6.18 Å². The molecule has 0 radical (unpaired) electrons. The lowest BCUT2D eigenvalue weighted by Gasteiger charge is -2.09. The van der Waals surface area contributed by atoms with Crippen molar-refractivity contribution >= 4 is 10.0 Å². The number of alkyl halides is 3. The van der Waals surface area contributed by atoms with Gasteiger partial charge in [0.15, 0.2) is 5.69 Å². The van der Waals surface area contributed by atoms with Gasteiger partial charge in [-0.25, -0.2) is 13.1 Å². The molecule has 0 spiro atoms. The number of aryl methyl sites for hydroxylation is 1. The zero-order valence-electron chi connectivity index (χ0n) is 14.0. The summed E-state index contributed by atoms with van der Waals surface area (Å²) in [6.07, 6.45) is -2.44. The molecule has 0 aliphatic heterocycles. The van der Waals surface area contributed by atoms with Crippen LogP contribution in [0.3, 0.4) is 0 Å². The molecule has 1 aromatic carbocycles. The molecule has 142 valence electrons. The van der Waals surface area contributed by atoms with Crippen LogP contribution in [0.2, 0.25) is 0 Å². The summed E-state index contributed by atoms with van der Waals surface area (Å²) >= 11 is 0. The second-order valence-electron chi connectivity index (χ2n) is 6.40. The van der Waals surface area contributed by atoms with Crippen LogP contribution in [0.4, 0.5) is 13.2 Å². The molecular weight excluding hydrogens is 367 g/mol. The number of nitrogens with zero attached hydrogens (tertiary/aromatic N) is 2. The first-order valence-electron chi connectivity index (χ1n) is 8.41. The van der Waals surface area contributed by atoms with E-state index < -0.39 is 21.9 Å². The molecule has 1 N–H and O–H groups in total. The highest BCUT2D eigenvalue weighted by molar-refractivity contribution is 7.89. The highest BCUT2D eigenvalue weighted by Gasteiger charge is 2.37. The first kappa shape index (κ1) is 18.9. The summed E-state index contributed by atoms with van der Waals surface area (Å²) in [6, 6.07) is 10.3. The van der Waals surface area contributed by atoms with E-state index in [4.69, 9.17) is 0 Å². The van der Waals surface area contributed by atoms with Crippen molar-refractivity contribution < 1.29 is 21.6 Å². The van der Waals surface area contributed by atoms with Crippen LogP contribution >= 0.6 is 0 Å². The molecule has 0 saturated heterocycles. The number of halogens is 3. The van der Waals surface area contributed by atoms with E-state index in [0.29, 0.717) is 12.1 Å². The predicted molar refractivity (Wildman–Crippen MR) is 91.1 cm³/mol. The van der Waals surface area contributed by atoms with Crippen molar-refractivity contribution in [1.29, 1.82) is 0 Å². The minimum absolute atomic E-state index is 0.00974. The highest BCUT2D eigenvalue weighted by Crippen LogP contribution is 2.42. The molecule has 1 saturated carbocycles. The van der Waals surface area contributed by atoms with Gasteiger partial charge in [0.1, 0.15) is 0 Å². The molecule has 26 heavy (non-hydrogen) atoms. The van der Waals surface area contributed by atoms with Crippen molar-refractivity contribution in [2.45, 2.75) is 37.9 Å². The van der Waals surface area contributed by atoms with E-state index >= 15 is 0 Å². The zero-order chi connectivity index (χ0) is 18.8. The van der Waals surface area contributed by atoms with Crippen molar-refractivity contribution in [1.82, 2.24) is 14.5 Å². The monoisotopic (exact) mass is 387 g/mol. The van der Waals surface area contributed by atoms with Crippen LogP contribution in [-0.4, -0.2) is 30.5 Å². The van der Waals surface area contributed by atoms with Gasteiger partial charge in [0.05, 0.1) is 12.3 Å². The zero-order valence-corrected chi connectivity index (χ0v) is 14.9. The van der Waals surface area contributed by atoms with Crippen LogP contribution in [0.15, 0.2) is 36.4 Å². The van der Waals surface area contributed by atoms with E-state index in [1.54, 1.807) is 0 Å². The number of aromatic nitrogens is 2. The fourth-order valence-corrected chi connectivity index (χ4v) is 3.78. The fraction of sp³-hybridized carbons (Fsp3) is 0.471. The van der Waals surface area contributed by atoms with E-state index in [0.717, 1.165) is 24.5 Å². The Morgan fingerprint density at radius 3 is 2.50 bits per heavy atom. The maximum atomic E-state index is 12.9. The Balaban J connectivity index is 1.56. The van der Waals surface area contributed by atoms with Crippen molar-refractivity contribution in [3.8, 4) is 0 Å². The molecule has 2 aromatic rings. The lowest BCUT2D eigenvalue weighted by Crippen LogP contribution is -2.30. The van der Waals surface area contributed by atoms with E-state index in [9.17, 15) is 21.6 Å². The third-order valence-electron chi connectivity index (χ3n) is 4.25. The van der Waals surface area contributed by atoms with Crippen LogP contribution in [0.5, 0.6) is 0 Å². The number of hydrogen-bond donors (Lipinski definition) is 1. The maximum absolute atomic E-state index is 12.9. The molecule has 1 fully saturated rings. The second kappa shape index (κ2) is 7.40. The molecule has 1 aliphatic carbocycles. The van der Waals surface area contributed by atoms with Crippen LogP contribution in [0.25, 0.3) is 0 Å². The van der Waals surface area contributed by atoms with Gasteiger partial charge in [-0.15, -0.1) is 0 Å². The van der Waals surface area contributed by atoms with Gasteiger partial charge in [0, 0.05) is 18.2 Å². The third kappa shape index (κ3) is 5.07. The minimum atomic E-state index is -4.50. The third-order valence-corrected chi connectivity index (χ3v) is 5.63. The minimum Gasteiger partial charge on any atom is -0.267 e. The van der Waals surface area contributed by atoms with E-state index in [2.05, 4.69) is 9.82 Å². The number of nitrogens with one attached hydrogen (secondary N) is 1. The lowest BCUT2D eigenvalue weighted by atomic mass is 10.2. The molecule has 1 heterocycles. The summed E-state index contributed by atoms with van der Waals surface area (Å²) in [4.78, 5) is 0. The van der Waals surface area contributed by atoms with Gasteiger partial charge in [-0.2, -0.15) is 18.3 Å². The maximum Gasteiger partial charge on any atom is 0.435 e. The second-order valence-corrected chi connectivity index (χ2v) is 8.32. The first-order chi connectivity index (χ1) is 12.2. The first-order valence-corrected chi connectivity index (χ1v) is 10.1. The summed E-state index contributed by atoms with van der Waals surface area (Å²) in [6.45, 7) is 0.0856. The predicted octanol–water partition coefficient (Wildman–Crippen LogP) is 2.94. The highest BCUT2D eigenvalue weighted by atomic mass is 32.2. The summed E-state index contributed by atoms with van der Waals surface area (Å²) in [5.41, 5.74) is 0.517. The topological polar surface area (TPSA) is 64.0 Å². The van der Waals surface area contributed by atoms with Gasteiger partial charge < -0.3 is 0 Å². The van der Waals surface area contributed by atoms with Gasteiger partial charge in [0.2, 0.25) is 10.0 Å². The molecular formula is C17H20F3N3O2S. The Morgan fingerprint density at radius 1 is 1.19 bits per heavy atom. The molecule has 1 aromatic heterocycles. The Bertz CT molecular complexity index is 844. The van der Waals surface area contributed by atoms with Gasteiger partial charge in [0.25, 0.3) is 0 Å². The quantitative estimate of drug-likeness (QED) is 0.758. The van der Waals surface area contributed by atoms with Crippen molar-refractivity contribution in [2.24, 2.45) is 0 Å². The van der Waals surface area contributed by atoms with Crippen molar-refractivity contribution in [2.75, 3.05) is 12.3 Å². The number of hydrogen-bond acceptors (Lipinski definition) is 3. The van der Waals surface area contributed by atoms with Crippen LogP contribution in [0.1, 0.15) is 35.7 Å². The van der Waals surface area contributed by atoms with Gasteiger partial charge in [-0.05, 0) is 30.9 Å². The van der Waals surface area contributed by atoms with Crippen molar-refractivity contribution in [3.63, 3.8) is 0 Å². The Labute approximate surface area is 150 Å². The lowest BCUT2D eigenvalue weighted by molar-refractivity contribution is -0.141. The Hall–Kier alpha value is -1.87. The summed E-state index contributed by atoms with van der Waals surface area (Å²) < 4.78 is 66.4. The number of sulfonamides is 1. The van der Waals surface area contributed by atoms with Crippen LogP contribution in [0, 0.1) is 0 Å². The molecule has 3 rings (SSSR count). The van der Waals surface area contributed by atoms with Crippen molar-refractivity contribution in [3.05, 3.63) is 53.3 Å². The van der Waals surface area contributed by atoms with Crippen LogP contribution in [-0.2, 0) is 29.2 Å². The van der Waals surface area contributed by atoms with Gasteiger partial charge in [-0.3, -0.25) is 4.68 Å². The molecule has 0 amide bonds. The summed E-state index contributed by atoms with van der Waals surface area (Å²) in [7, 11) is -3.50. The average Bonchev–Trinajstić information content (AvgIpc) is 3.33. The number of benzene rings is 1. The average molecular weight is 387 g/mol. The Morgan fingerprint density at radius 2 is 1.88 bits per heavy atom. The van der Waals surface area contributed by atoms with E-state index in [-0.39, 0.29) is 24.8 Å². The summed E-state index contributed by atoms with van der Waals surface area (Å²) in [5.74, 6) is 0.0210. The standard InChI is InChI=1S/C17H20F3N3O2S/c18-17(19,20)16-12-15(14-6-7-14)23(22-16)10-9-21-26(24,25)11-8-13-4-2-1-3-5-13/h1-5,12,14,21H,6-11H2. The fourth-order valence-electron chi connectivity index (χ4n) is 2.73.